The standard InChI is InChI=1S/C13H16N2S/c1-10-8-15-13(16-10)11(2)14-9-12-6-4-3-5-7-12/h3-8,11,14H,9H2,1-2H3. The van der Waals surface area contributed by atoms with Gasteiger partial charge in [-0.3, -0.25) is 0 Å². The third-order valence-electron chi connectivity index (χ3n) is 2.46. The molecule has 2 rings (SSSR count). The summed E-state index contributed by atoms with van der Waals surface area (Å²) in [5.41, 5.74) is 1.31. The van der Waals surface area contributed by atoms with E-state index in [1.54, 1.807) is 11.3 Å². The highest BCUT2D eigenvalue weighted by atomic mass is 32.1. The molecule has 3 heteroatoms. The molecule has 0 aliphatic rings. The van der Waals surface area contributed by atoms with Crippen LogP contribution in [0.4, 0.5) is 0 Å². The van der Waals surface area contributed by atoms with Crippen molar-refractivity contribution in [2.24, 2.45) is 0 Å². The number of nitrogens with one attached hydrogen (secondary N) is 1. The van der Waals surface area contributed by atoms with E-state index in [0.717, 1.165) is 11.6 Å². The summed E-state index contributed by atoms with van der Waals surface area (Å²) in [5, 5.41) is 4.64. The van der Waals surface area contributed by atoms with Crippen molar-refractivity contribution in [3.63, 3.8) is 0 Å². The van der Waals surface area contributed by atoms with E-state index in [0.29, 0.717) is 6.04 Å². The Balaban J connectivity index is 1.91. The summed E-state index contributed by atoms with van der Waals surface area (Å²) in [7, 11) is 0. The van der Waals surface area contributed by atoms with Gasteiger partial charge in [0.25, 0.3) is 0 Å². The van der Waals surface area contributed by atoms with Gasteiger partial charge in [0.1, 0.15) is 5.01 Å². The van der Waals surface area contributed by atoms with Gasteiger partial charge in [0, 0.05) is 17.6 Å². The Hall–Kier alpha value is -1.19. The van der Waals surface area contributed by atoms with E-state index >= 15 is 0 Å². The topological polar surface area (TPSA) is 24.9 Å². The van der Waals surface area contributed by atoms with Gasteiger partial charge in [-0.2, -0.15) is 0 Å². The van der Waals surface area contributed by atoms with Crippen molar-refractivity contribution in [1.29, 1.82) is 0 Å². The van der Waals surface area contributed by atoms with Crippen LogP contribution in [0.15, 0.2) is 36.5 Å². The van der Waals surface area contributed by atoms with Crippen molar-refractivity contribution < 1.29 is 0 Å². The summed E-state index contributed by atoms with van der Waals surface area (Å²) in [5.74, 6) is 0. The summed E-state index contributed by atoms with van der Waals surface area (Å²) < 4.78 is 0. The van der Waals surface area contributed by atoms with Crippen molar-refractivity contribution in [3.8, 4) is 0 Å². The van der Waals surface area contributed by atoms with Crippen LogP contribution in [0.3, 0.4) is 0 Å². The zero-order chi connectivity index (χ0) is 11.4. The summed E-state index contributed by atoms with van der Waals surface area (Å²) >= 11 is 1.76. The van der Waals surface area contributed by atoms with Crippen LogP contribution in [0.2, 0.25) is 0 Å². The molecule has 2 nitrogen and oxygen atoms in total. The first-order chi connectivity index (χ1) is 7.75. The van der Waals surface area contributed by atoms with E-state index in [2.05, 4.69) is 48.4 Å². The van der Waals surface area contributed by atoms with Crippen LogP contribution in [0.5, 0.6) is 0 Å². The minimum atomic E-state index is 0.318. The van der Waals surface area contributed by atoms with Crippen molar-refractivity contribution in [1.82, 2.24) is 10.3 Å². The lowest BCUT2D eigenvalue weighted by Gasteiger charge is -2.10. The second kappa shape index (κ2) is 5.23. The molecule has 0 bridgehead atoms. The van der Waals surface area contributed by atoms with Gasteiger partial charge in [-0.05, 0) is 19.4 Å². The molecule has 1 atom stereocenters. The molecular weight excluding hydrogens is 216 g/mol. The molecule has 84 valence electrons. The highest BCUT2D eigenvalue weighted by Crippen LogP contribution is 2.19. The Morgan fingerprint density at radius 1 is 1.31 bits per heavy atom. The third-order valence-corrected chi connectivity index (χ3v) is 3.56. The average molecular weight is 232 g/mol. The quantitative estimate of drug-likeness (QED) is 0.875. The van der Waals surface area contributed by atoms with E-state index in [1.807, 2.05) is 12.3 Å². The van der Waals surface area contributed by atoms with Crippen LogP contribution in [-0.4, -0.2) is 4.98 Å². The molecule has 0 radical (unpaired) electrons. The van der Waals surface area contributed by atoms with Gasteiger partial charge in [-0.1, -0.05) is 30.3 Å². The van der Waals surface area contributed by atoms with Gasteiger partial charge in [0.2, 0.25) is 0 Å². The molecule has 0 aliphatic carbocycles. The van der Waals surface area contributed by atoms with Gasteiger partial charge in [-0.25, -0.2) is 4.98 Å². The molecule has 0 amide bonds. The lowest BCUT2D eigenvalue weighted by Crippen LogP contribution is -2.17. The predicted octanol–water partition coefficient (Wildman–Crippen LogP) is 3.30. The van der Waals surface area contributed by atoms with Gasteiger partial charge in [0.15, 0.2) is 0 Å². The van der Waals surface area contributed by atoms with Crippen molar-refractivity contribution in [3.05, 3.63) is 52.0 Å². The highest BCUT2D eigenvalue weighted by molar-refractivity contribution is 7.11. The molecule has 1 aromatic heterocycles. The van der Waals surface area contributed by atoms with Crippen LogP contribution in [0.25, 0.3) is 0 Å². The number of hydrogen-bond donors (Lipinski definition) is 1. The van der Waals surface area contributed by atoms with Gasteiger partial charge < -0.3 is 5.32 Å². The van der Waals surface area contributed by atoms with Gasteiger partial charge in [-0.15, -0.1) is 11.3 Å². The fourth-order valence-corrected chi connectivity index (χ4v) is 2.33. The highest BCUT2D eigenvalue weighted by Gasteiger charge is 2.08. The monoisotopic (exact) mass is 232 g/mol. The average Bonchev–Trinajstić information content (AvgIpc) is 2.74. The first kappa shape index (κ1) is 11.3. The van der Waals surface area contributed by atoms with Crippen molar-refractivity contribution in [2.75, 3.05) is 0 Å². The molecule has 0 saturated carbocycles. The van der Waals surface area contributed by atoms with E-state index in [1.165, 1.54) is 10.4 Å². The normalized spacial score (nSPS) is 12.6. The molecular formula is C13H16N2S. The van der Waals surface area contributed by atoms with E-state index in [4.69, 9.17) is 0 Å². The summed E-state index contributed by atoms with van der Waals surface area (Å²) in [6, 6.07) is 10.8. The first-order valence-electron chi connectivity index (χ1n) is 5.45. The summed E-state index contributed by atoms with van der Waals surface area (Å²) in [6.07, 6.45) is 1.93. The Bertz CT molecular complexity index is 436. The molecule has 1 aromatic carbocycles. The van der Waals surface area contributed by atoms with E-state index in [-0.39, 0.29) is 0 Å². The van der Waals surface area contributed by atoms with Crippen LogP contribution < -0.4 is 5.32 Å². The molecule has 2 aromatic rings. The molecule has 0 aliphatic heterocycles. The Labute approximate surface area is 100 Å². The smallest absolute Gasteiger partial charge is 0.109 e. The lowest BCUT2D eigenvalue weighted by molar-refractivity contribution is 0.572. The molecule has 0 fully saturated rings. The van der Waals surface area contributed by atoms with Gasteiger partial charge in [0.05, 0.1) is 6.04 Å². The Morgan fingerprint density at radius 3 is 2.69 bits per heavy atom. The lowest BCUT2D eigenvalue weighted by atomic mass is 10.2. The Kier molecular flexibility index (Phi) is 3.70. The second-order valence-electron chi connectivity index (χ2n) is 3.90. The molecule has 1 unspecified atom stereocenters. The minimum absolute atomic E-state index is 0.318. The van der Waals surface area contributed by atoms with Crippen molar-refractivity contribution >= 4 is 11.3 Å². The number of hydrogen-bond acceptors (Lipinski definition) is 3. The van der Waals surface area contributed by atoms with E-state index < -0.39 is 0 Å². The number of rotatable bonds is 4. The fourth-order valence-electron chi connectivity index (χ4n) is 1.53. The van der Waals surface area contributed by atoms with Crippen LogP contribution in [0, 0.1) is 6.92 Å². The van der Waals surface area contributed by atoms with Gasteiger partial charge >= 0.3 is 0 Å². The molecule has 16 heavy (non-hydrogen) atoms. The molecule has 1 N–H and O–H groups in total. The maximum Gasteiger partial charge on any atom is 0.109 e. The number of thiazole rings is 1. The predicted molar refractivity (Wildman–Crippen MR) is 68.5 cm³/mol. The zero-order valence-corrected chi connectivity index (χ0v) is 10.4. The maximum atomic E-state index is 4.38. The largest absolute Gasteiger partial charge is 0.304 e. The fraction of sp³-hybridized carbons (Fsp3) is 0.308. The maximum absolute atomic E-state index is 4.38. The summed E-state index contributed by atoms with van der Waals surface area (Å²) in [4.78, 5) is 5.65. The SMILES string of the molecule is Cc1cnc(C(C)NCc2ccccc2)s1. The third kappa shape index (κ3) is 2.90. The summed E-state index contributed by atoms with van der Waals surface area (Å²) in [6.45, 7) is 5.13. The molecule has 0 saturated heterocycles. The number of benzene rings is 1. The number of aryl methyl sites for hydroxylation is 1. The minimum Gasteiger partial charge on any atom is -0.304 e. The van der Waals surface area contributed by atoms with Crippen LogP contribution >= 0.6 is 11.3 Å². The number of nitrogens with zero attached hydrogens (tertiary/aromatic N) is 1. The van der Waals surface area contributed by atoms with Crippen LogP contribution in [0.1, 0.15) is 28.4 Å². The van der Waals surface area contributed by atoms with Crippen LogP contribution in [-0.2, 0) is 6.54 Å². The zero-order valence-electron chi connectivity index (χ0n) is 9.60. The first-order valence-corrected chi connectivity index (χ1v) is 6.27. The molecule has 1 heterocycles. The van der Waals surface area contributed by atoms with E-state index in [9.17, 15) is 0 Å². The molecule has 0 spiro atoms. The Morgan fingerprint density at radius 2 is 2.06 bits per heavy atom. The second-order valence-corrected chi connectivity index (χ2v) is 5.16. The number of aromatic nitrogens is 1. The van der Waals surface area contributed by atoms with Crippen molar-refractivity contribution in [2.45, 2.75) is 26.4 Å².